The number of nitrogens with one attached hydrogen (secondary N) is 1. The zero-order chi connectivity index (χ0) is 19.5. The van der Waals surface area contributed by atoms with Crippen molar-refractivity contribution in [3.8, 4) is 0 Å². The Balaban J connectivity index is 1.47. The van der Waals surface area contributed by atoms with Gasteiger partial charge in [0.2, 0.25) is 0 Å². The molecule has 2 saturated heterocycles. The zero-order valence-corrected chi connectivity index (χ0v) is 16.8. The normalized spacial score (nSPS) is 24.1. The molecule has 28 heavy (non-hydrogen) atoms. The fourth-order valence-corrected chi connectivity index (χ4v) is 4.51. The molecule has 0 aliphatic carbocycles. The predicted octanol–water partition coefficient (Wildman–Crippen LogP) is 2.01. The SMILES string of the molecule is CN(C)C[C@@H]1CN(C2CCOCC2)C[C@H]1NC(=O)c1ccc2ccccc2n1. The molecule has 0 unspecified atom stereocenters. The monoisotopic (exact) mass is 382 g/mol. The summed E-state index contributed by atoms with van der Waals surface area (Å²) in [5.74, 6) is 0.343. The second kappa shape index (κ2) is 8.55. The van der Waals surface area contributed by atoms with Gasteiger partial charge in [-0.25, -0.2) is 4.98 Å². The molecule has 2 atom stereocenters. The first-order valence-electron chi connectivity index (χ1n) is 10.2. The lowest BCUT2D eigenvalue weighted by Gasteiger charge is -2.31. The van der Waals surface area contributed by atoms with Crippen LogP contribution in [0.2, 0.25) is 0 Å². The zero-order valence-electron chi connectivity index (χ0n) is 16.8. The molecule has 2 fully saturated rings. The number of ether oxygens (including phenoxy) is 1. The van der Waals surface area contributed by atoms with Crippen molar-refractivity contribution in [2.45, 2.75) is 24.9 Å². The second-order valence-electron chi connectivity index (χ2n) is 8.29. The predicted molar refractivity (Wildman–Crippen MR) is 110 cm³/mol. The summed E-state index contributed by atoms with van der Waals surface area (Å²) in [6.07, 6.45) is 2.17. The summed E-state index contributed by atoms with van der Waals surface area (Å²) in [6.45, 7) is 4.59. The smallest absolute Gasteiger partial charge is 0.270 e. The summed E-state index contributed by atoms with van der Waals surface area (Å²) in [5, 5.41) is 4.34. The van der Waals surface area contributed by atoms with Gasteiger partial charge < -0.3 is 15.0 Å². The number of hydrogen-bond acceptors (Lipinski definition) is 5. The molecule has 6 heteroatoms. The Kier molecular flexibility index (Phi) is 5.90. The Morgan fingerprint density at radius 3 is 2.75 bits per heavy atom. The van der Waals surface area contributed by atoms with E-state index < -0.39 is 0 Å². The maximum Gasteiger partial charge on any atom is 0.270 e. The Morgan fingerprint density at radius 1 is 1.18 bits per heavy atom. The lowest BCUT2D eigenvalue weighted by atomic mass is 10.0. The number of pyridine rings is 1. The topological polar surface area (TPSA) is 57.7 Å². The molecule has 0 bridgehead atoms. The molecule has 0 saturated carbocycles. The minimum atomic E-state index is -0.0756. The largest absolute Gasteiger partial charge is 0.381 e. The Morgan fingerprint density at radius 2 is 1.96 bits per heavy atom. The highest BCUT2D eigenvalue weighted by Gasteiger charge is 2.37. The number of benzene rings is 1. The molecular weight excluding hydrogens is 352 g/mol. The van der Waals surface area contributed by atoms with Crippen LogP contribution in [0.15, 0.2) is 36.4 Å². The quantitative estimate of drug-likeness (QED) is 0.857. The van der Waals surface area contributed by atoms with E-state index in [0.717, 1.165) is 56.6 Å². The van der Waals surface area contributed by atoms with Crippen LogP contribution in [-0.2, 0) is 4.74 Å². The molecule has 2 aliphatic rings. The van der Waals surface area contributed by atoms with E-state index in [1.165, 1.54) is 0 Å². The number of hydrogen-bond donors (Lipinski definition) is 1. The number of nitrogens with zero attached hydrogens (tertiary/aromatic N) is 3. The number of para-hydroxylation sites is 1. The first-order valence-corrected chi connectivity index (χ1v) is 10.2. The van der Waals surface area contributed by atoms with Crippen LogP contribution in [-0.4, -0.2) is 79.7 Å². The van der Waals surface area contributed by atoms with Gasteiger partial charge in [0.1, 0.15) is 5.69 Å². The van der Waals surface area contributed by atoms with E-state index in [0.29, 0.717) is 17.7 Å². The van der Waals surface area contributed by atoms with Crippen molar-refractivity contribution in [1.82, 2.24) is 20.1 Å². The first-order chi connectivity index (χ1) is 13.6. The van der Waals surface area contributed by atoms with Gasteiger partial charge in [-0.1, -0.05) is 24.3 Å². The average molecular weight is 383 g/mol. The molecule has 0 spiro atoms. The number of fused-ring (bicyclic) bond motifs is 1. The van der Waals surface area contributed by atoms with Gasteiger partial charge in [0.05, 0.1) is 5.52 Å². The molecule has 1 amide bonds. The second-order valence-corrected chi connectivity index (χ2v) is 8.29. The van der Waals surface area contributed by atoms with Gasteiger partial charge in [0.25, 0.3) is 5.91 Å². The molecule has 2 aromatic rings. The summed E-state index contributed by atoms with van der Waals surface area (Å²) < 4.78 is 5.52. The number of carbonyl (C=O) groups excluding carboxylic acids is 1. The molecule has 6 nitrogen and oxygen atoms in total. The molecule has 150 valence electrons. The highest BCUT2D eigenvalue weighted by atomic mass is 16.5. The number of rotatable bonds is 5. The van der Waals surface area contributed by atoms with Gasteiger partial charge >= 0.3 is 0 Å². The molecule has 1 N–H and O–H groups in total. The summed E-state index contributed by atoms with van der Waals surface area (Å²) in [7, 11) is 4.20. The maximum atomic E-state index is 12.9. The van der Waals surface area contributed by atoms with Crippen molar-refractivity contribution in [3.63, 3.8) is 0 Å². The van der Waals surface area contributed by atoms with Crippen LogP contribution < -0.4 is 5.32 Å². The molecule has 0 radical (unpaired) electrons. The van der Waals surface area contributed by atoms with E-state index in [9.17, 15) is 4.79 Å². The van der Waals surface area contributed by atoms with Gasteiger partial charge in [-0.2, -0.15) is 0 Å². The van der Waals surface area contributed by atoms with Crippen LogP contribution in [0.4, 0.5) is 0 Å². The van der Waals surface area contributed by atoms with E-state index in [2.05, 4.69) is 34.2 Å². The van der Waals surface area contributed by atoms with Crippen molar-refractivity contribution >= 4 is 16.8 Å². The van der Waals surface area contributed by atoms with Crippen molar-refractivity contribution in [1.29, 1.82) is 0 Å². The molecule has 4 rings (SSSR count). The number of carbonyl (C=O) groups is 1. The van der Waals surface area contributed by atoms with Crippen LogP contribution >= 0.6 is 0 Å². The molecular formula is C22H30N4O2. The number of likely N-dealkylation sites (tertiary alicyclic amines) is 1. The van der Waals surface area contributed by atoms with Crippen LogP contribution in [0.25, 0.3) is 10.9 Å². The van der Waals surface area contributed by atoms with Gasteiger partial charge in [-0.05, 0) is 39.1 Å². The highest BCUT2D eigenvalue weighted by molar-refractivity contribution is 5.95. The lowest BCUT2D eigenvalue weighted by Crippen LogP contribution is -2.44. The Hall–Kier alpha value is -2.02. The van der Waals surface area contributed by atoms with Gasteiger partial charge in [0, 0.05) is 56.2 Å². The summed E-state index contributed by atoms with van der Waals surface area (Å²) in [4.78, 5) is 22.3. The number of amides is 1. The minimum Gasteiger partial charge on any atom is -0.381 e. The van der Waals surface area contributed by atoms with Crippen LogP contribution in [0.5, 0.6) is 0 Å². The number of aromatic nitrogens is 1. The van der Waals surface area contributed by atoms with Crippen molar-refractivity contribution in [2.24, 2.45) is 5.92 Å². The minimum absolute atomic E-state index is 0.0756. The van der Waals surface area contributed by atoms with Crippen LogP contribution in [0, 0.1) is 5.92 Å². The standard InChI is InChI=1S/C22H30N4O2/c1-25(2)13-17-14-26(18-9-11-28-12-10-18)15-21(17)24-22(27)20-8-7-16-5-3-4-6-19(16)23-20/h3-8,17-18,21H,9-15H2,1-2H3,(H,24,27)/t17-,21-/m1/s1. The van der Waals surface area contributed by atoms with Crippen molar-refractivity contribution < 1.29 is 9.53 Å². The fourth-order valence-electron chi connectivity index (χ4n) is 4.51. The average Bonchev–Trinajstić information content (AvgIpc) is 3.10. The molecule has 1 aromatic carbocycles. The van der Waals surface area contributed by atoms with Gasteiger partial charge in [-0.15, -0.1) is 0 Å². The van der Waals surface area contributed by atoms with E-state index in [1.54, 1.807) is 0 Å². The lowest BCUT2D eigenvalue weighted by molar-refractivity contribution is 0.0403. The van der Waals surface area contributed by atoms with Gasteiger partial charge in [0.15, 0.2) is 0 Å². The summed E-state index contributed by atoms with van der Waals surface area (Å²) in [6, 6.07) is 12.4. The summed E-state index contributed by atoms with van der Waals surface area (Å²) >= 11 is 0. The Labute approximate surface area is 166 Å². The van der Waals surface area contributed by atoms with Crippen molar-refractivity contribution in [3.05, 3.63) is 42.1 Å². The fraction of sp³-hybridized carbons (Fsp3) is 0.545. The molecule has 3 heterocycles. The van der Waals surface area contributed by atoms with Crippen molar-refractivity contribution in [2.75, 3.05) is 46.9 Å². The van der Waals surface area contributed by atoms with Gasteiger partial charge in [-0.3, -0.25) is 9.69 Å². The third-order valence-corrected chi connectivity index (χ3v) is 5.92. The van der Waals surface area contributed by atoms with E-state index in [1.807, 2.05) is 36.4 Å². The Bertz CT molecular complexity index is 819. The van der Waals surface area contributed by atoms with E-state index in [-0.39, 0.29) is 11.9 Å². The molecule has 2 aliphatic heterocycles. The third kappa shape index (κ3) is 4.35. The third-order valence-electron chi connectivity index (χ3n) is 5.92. The van der Waals surface area contributed by atoms with Crippen LogP contribution in [0.3, 0.4) is 0 Å². The summed E-state index contributed by atoms with van der Waals surface area (Å²) in [5.41, 5.74) is 1.35. The maximum absolute atomic E-state index is 12.9. The highest BCUT2D eigenvalue weighted by Crippen LogP contribution is 2.25. The van der Waals surface area contributed by atoms with E-state index in [4.69, 9.17) is 4.74 Å². The van der Waals surface area contributed by atoms with E-state index >= 15 is 0 Å². The van der Waals surface area contributed by atoms with Crippen LogP contribution in [0.1, 0.15) is 23.3 Å². The first kappa shape index (κ1) is 19.3. The molecule has 1 aromatic heterocycles.